The van der Waals surface area contributed by atoms with Crippen LogP contribution in [0.3, 0.4) is 0 Å². The van der Waals surface area contributed by atoms with Crippen LogP contribution >= 0.6 is 0 Å². The predicted octanol–water partition coefficient (Wildman–Crippen LogP) is 4.52. The van der Waals surface area contributed by atoms with Gasteiger partial charge in [0.15, 0.2) is 0 Å². The first-order chi connectivity index (χ1) is 18.8. The van der Waals surface area contributed by atoms with Gasteiger partial charge in [0.25, 0.3) is 5.91 Å². The molecule has 0 spiro atoms. The van der Waals surface area contributed by atoms with Gasteiger partial charge in [0.05, 0.1) is 29.7 Å². The molecule has 2 N–H and O–H groups in total. The van der Waals surface area contributed by atoms with Crippen molar-refractivity contribution in [2.75, 3.05) is 55.9 Å². The molecular weight excluding hydrogens is 504 g/mol. The number of hydrogen-bond donors (Lipinski definition) is 2. The van der Waals surface area contributed by atoms with Crippen LogP contribution < -0.4 is 20.3 Å². The first-order valence-corrected chi connectivity index (χ1v) is 12.5. The Bertz CT molecular complexity index is 1480. The number of hydrogen-bond acceptors (Lipinski definition) is 7. The Morgan fingerprint density at radius 3 is 2.46 bits per heavy atom. The van der Waals surface area contributed by atoms with Gasteiger partial charge in [-0.05, 0) is 43.4 Å². The van der Waals surface area contributed by atoms with E-state index >= 15 is 0 Å². The number of halogens is 2. The van der Waals surface area contributed by atoms with Crippen molar-refractivity contribution >= 4 is 28.9 Å². The van der Waals surface area contributed by atoms with Crippen molar-refractivity contribution < 1.29 is 18.3 Å². The van der Waals surface area contributed by atoms with Crippen LogP contribution in [0.25, 0.3) is 11.4 Å². The minimum atomic E-state index is -0.849. The predicted molar refractivity (Wildman–Crippen MR) is 147 cm³/mol. The van der Waals surface area contributed by atoms with Crippen LogP contribution in [0.5, 0.6) is 5.75 Å². The summed E-state index contributed by atoms with van der Waals surface area (Å²) in [6.45, 7) is 3.91. The molecular formula is C28H29F2N7O2. The van der Waals surface area contributed by atoms with Gasteiger partial charge >= 0.3 is 0 Å². The summed E-state index contributed by atoms with van der Waals surface area (Å²) < 4.78 is 35.3. The number of carbonyl (C=O) groups excluding carboxylic acids is 1. The molecule has 0 atom stereocenters. The topological polar surface area (TPSA) is 87.5 Å². The molecule has 2 aromatic carbocycles. The smallest absolute Gasteiger partial charge is 0.257 e. The highest BCUT2D eigenvalue weighted by atomic mass is 19.1. The summed E-state index contributed by atoms with van der Waals surface area (Å²) in [5, 5.41) is 5.53. The monoisotopic (exact) mass is 533 g/mol. The molecule has 202 valence electrons. The molecule has 2 aromatic heterocycles. The first kappa shape index (κ1) is 26.1. The van der Waals surface area contributed by atoms with Crippen LogP contribution in [0.2, 0.25) is 0 Å². The van der Waals surface area contributed by atoms with Crippen LogP contribution in [0, 0.1) is 11.6 Å². The van der Waals surface area contributed by atoms with Crippen LogP contribution in [-0.4, -0.2) is 65.7 Å². The molecule has 3 heterocycles. The molecule has 4 aromatic rings. The Labute approximate surface area is 225 Å². The standard InChI is InChI=1S/C28H29F2N7O2/c1-35-11-13-37(14-12-35)19-7-8-23(25(16-19)39-3)33-28-31-10-9-22(32-28)24-15-18(17-36(24)2)27(38)34-26-20(29)5-4-6-21(26)30/h4-10,15-17H,11-14H2,1-3H3,(H,34,38)(H,31,32,33). The van der Waals surface area contributed by atoms with Crippen molar-refractivity contribution in [2.45, 2.75) is 0 Å². The van der Waals surface area contributed by atoms with Gasteiger partial charge in [-0.15, -0.1) is 0 Å². The van der Waals surface area contributed by atoms with E-state index in [1.54, 1.807) is 43.3 Å². The van der Waals surface area contributed by atoms with Gasteiger partial charge < -0.3 is 29.7 Å². The number of likely N-dealkylation sites (N-methyl/N-ethyl adjacent to an activating group) is 1. The van der Waals surface area contributed by atoms with Gasteiger partial charge in [-0.25, -0.2) is 18.7 Å². The SMILES string of the molecule is COc1cc(N2CCN(C)CC2)ccc1Nc1nccc(-c2cc(C(=O)Nc3c(F)cccc3F)cn2C)n1. The number of para-hydroxylation sites is 1. The Morgan fingerprint density at radius 2 is 1.74 bits per heavy atom. The average Bonchev–Trinajstić information content (AvgIpc) is 3.33. The van der Waals surface area contributed by atoms with E-state index in [9.17, 15) is 13.6 Å². The molecule has 39 heavy (non-hydrogen) atoms. The second-order valence-electron chi connectivity index (χ2n) is 9.34. The molecule has 5 rings (SSSR count). The minimum absolute atomic E-state index is 0.226. The molecule has 9 nitrogen and oxygen atoms in total. The number of aryl methyl sites for hydroxylation is 1. The van der Waals surface area contributed by atoms with E-state index in [0.717, 1.165) is 44.0 Å². The number of rotatable bonds is 7. The Kier molecular flexibility index (Phi) is 7.42. The van der Waals surface area contributed by atoms with Gasteiger partial charge in [-0.1, -0.05) is 6.07 Å². The third kappa shape index (κ3) is 5.68. The molecule has 1 aliphatic heterocycles. The van der Waals surface area contributed by atoms with E-state index in [-0.39, 0.29) is 5.56 Å². The summed E-state index contributed by atoms with van der Waals surface area (Å²) in [5.41, 5.74) is 2.71. The lowest BCUT2D eigenvalue weighted by molar-refractivity contribution is 0.102. The van der Waals surface area contributed by atoms with E-state index in [1.165, 1.54) is 6.07 Å². The maximum Gasteiger partial charge on any atom is 0.257 e. The van der Waals surface area contributed by atoms with Crippen LogP contribution in [-0.2, 0) is 7.05 Å². The molecule has 11 heteroatoms. The van der Waals surface area contributed by atoms with Crippen molar-refractivity contribution in [1.29, 1.82) is 0 Å². The third-order valence-electron chi connectivity index (χ3n) is 6.69. The second-order valence-corrected chi connectivity index (χ2v) is 9.34. The number of piperazine rings is 1. The van der Waals surface area contributed by atoms with Crippen molar-refractivity contribution in [3.05, 3.63) is 78.1 Å². The third-order valence-corrected chi connectivity index (χ3v) is 6.69. The molecule has 1 aliphatic rings. The van der Waals surface area contributed by atoms with Crippen LogP contribution in [0.15, 0.2) is 60.9 Å². The van der Waals surface area contributed by atoms with E-state index in [0.29, 0.717) is 28.8 Å². The van der Waals surface area contributed by atoms with E-state index in [2.05, 4.69) is 37.4 Å². The fraction of sp³-hybridized carbons (Fsp3) is 0.250. The maximum atomic E-state index is 14.0. The van der Waals surface area contributed by atoms with E-state index in [1.807, 2.05) is 18.2 Å². The van der Waals surface area contributed by atoms with Crippen molar-refractivity contribution in [3.8, 4) is 17.1 Å². The molecule has 0 aliphatic carbocycles. The Balaban J connectivity index is 1.34. The number of nitrogens with zero attached hydrogens (tertiary/aromatic N) is 5. The number of nitrogens with one attached hydrogen (secondary N) is 2. The van der Waals surface area contributed by atoms with Gasteiger partial charge in [0, 0.05) is 57.4 Å². The number of methoxy groups -OCH3 is 1. The summed E-state index contributed by atoms with van der Waals surface area (Å²) in [6.07, 6.45) is 3.18. The Hall–Kier alpha value is -4.51. The lowest BCUT2D eigenvalue weighted by atomic mass is 10.2. The van der Waals surface area contributed by atoms with Gasteiger partial charge in [-0.2, -0.15) is 0 Å². The van der Waals surface area contributed by atoms with E-state index < -0.39 is 23.2 Å². The minimum Gasteiger partial charge on any atom is -0.494 e. The fourth-order valence-corrected chi connectivity index (χ4v) is 4.47. The first-order valence-electron chi connectivity index (χ1n) is 12.5. The van der Waals surface area contributed by atoms with Crippen molar-refractivity contribution in [2.24, 2.45) is 7.05 Å². The molecule has 1 amide bonds. The molecule has 0 bridgehead atoms. The van der Waals surface area contributed by atoms with Gasteiger partial charge in [0.2, 0.25) is 5.95 Å². The highest BCUT2D eigenvalue weighted by molar-refractivity contribution is 6.05. The lowest BCUT2D eigenvalue weighted by Crippen LogP contribution is -2.44. The number of aromatic nitrogens is 3. The van der Waals surface area contributed by atoms with Crippen molar-refractivity contribution in [3.63, 3.8) is 0 Å². The zero-order chi connectivity index (χ0) is 27.5. The van der Waals surface area contributed by atoms with Gasteiger partial charge in [0.1, 0.15) is 23.1 Å². The van der Waals surface area contributed by atoms with Crippen molar-refractivity contribution in [1.82, 2.24) is 19.4 Å². The highest BCUT2D eigenvalue weighted by Gasteiger charge is 2.19. The fourth-order valence-electron chi connectivity index (χ4n) is 4.47. The van der Waals surface area contributed by atoms with Gasteiger partial charge in [-0.3, -0.25) is 4.79 Å². The molecule has 1 fully saturated rings. The number of benzene rings is 2. The molecule has 0 radical (unpaired) electrons. The normalized spacial score (nSPS) is 13.8. The highest BCUT2D eigenvalue weighted by Crippen LogP contribution is 2.32. The zero-order valence-corrected chi connectivity index (χ0v) is 21.9. The summed E-state index contributed by atoms with van der Waals surface area (Å²) in [5.74, 6) is -1.33. The van der Waals surface area contributed by atoms with E-state index in [4.69, 9.17) is 4.74 Å². The zero-order valence-electron chi connectivity index (χ0n) is 21.9. The molecule has 0 unspecified atom stereocenters. The number of amides is 1. The number of anilines is 4. The summed E-state index contributed by atoms with van der Waals surface area (Å²) in [6, 6.07) is 12.7. The molecule has 0 saturated carbocycles. The average molecular weight is 534 g/mol. The maximum absolute atomic E-state index is 14.0. The Morgan fingerprint density at radius 1 is 1.00 bits per heavy atom. The number of carbonyl (C=O) groups is 1. The summed E-state index contributed by atoms with van der Waals surface area (Å²) >= 11 is 0. The lowest BCUT2D eigenvalue weighted by Gasteiger charge is -2.34. The van der Waals surface area contributed by atoms with Crippen LogP contribution in [0.1, 0.15) is 10.4 Å². The summed E-state index contributed by atoms with van der Waals surface area (Å²) in [4.78, 5) is 26.3. The largest absolute Gasteiger partial charge is 0.494 e. The summed E-state index contributed by atoms with van der Waals surface area (Å²) in [7, 11) is 5.50. The number of ether oxygens (including phenoxy) is 1. The van der Waals surface area contributed by atoms with Crippen LogP contribution in [0.4, 0.5) is 31.8 Å². The quantitative estimate of drug-likeness (QED) is 0.361. The second kappa shape index (κ2) is 11.1. The molecule has 1 saturated heterocycles.